The van der Waals surface area contributed by atoms with Crippen LogP contribution in [0.25, 0.3) is 0 Å². The number of unbranched alkanes of at least 4 members (excludes halogenated alkanes) is 3. The summed E-state index contributed by atoms with van der Waals surface area (Å²) in [5.41, 5.74) is 9.18. The summed E-state index contributed by atoms with van der Waals surface area (Å²) >= 11 is 6.54. The number of carbonyl (C=O) groups excluding carboxylic acids is 3. The Kier molecular flexibility index (Phi) is 10.9. The number of aryl methyl sites for hydroxylation is 1. The van der Waals surface area contributed by atoms with E-state index in [1.165, 1.54) is 0 Å². The third-order valence-electron chi connectivity index (χ3n) is 6.25. The van der Waals surface area contributed by atoms with Gasteiger partial charge >= 0.3 is 0 Å². The Morgan fingerprint density at radius 1 is 0.895 bits per heavy atom. The summed E-state index contributed by atoms with van der Waals surface area (Å²) in [5.74, 6) is -0.868. The van der Waals surface area contributed by atoms with E-state index in [1.807, 2.05) is 49.4 Å². The number of carbonyl (C=O) groups is 3. The van der Waals surface area contributed by atoms with Crippen molar-refractivity contribution in [2.45, 2.75) is 45.4 Å². The topological polar surface area (TPSA) is 113 Å². The number of nitrogens with zero attached hydrogens (tertiary/aromatic N) is 1. The third kappa shape index (κ3) is 7.91. The predicted octanol–water partition coefficient (Wildman–Crippen LogP) is 5.77. The number of anilines is 3. The Labute approximate surface area is 228 Å². The number of aliphatic hydroxyl groups excluding tert-OH is 1. The van der Waals surface area contributed by atoms with Crippen LogP contribution in [-0.2, 0) is 9.59 Å². The minimum atomic E-state index is -0.525. The van der Waals surface area contributed by atoms with Crippen molar-refractivity contribution in [3.63, 3.8) is 0 Å². The molecule has 0 fully saturated rings. The van der Waals surface area contributed by atoms with Gasteiger partial charge in [-0.2, -0.15) is 0 Å². The fraction of sp³-hybridized carbons (Fsp3) is 0.300. The van der Waals surface area contributed by atoms with Gasteiger partial charge in [0.15, 0.2) is 5.78 Å². The summed E-state index contributed by atoms with van der Waals surface area (Å²) in [4.78, 5) is 39.1. The average Bonchev–Trinajstić information content (AvgIpc) is 2.90. The first-order chi connectivity index (χ1) is 18.3. The zero-order valence-electron chi connectivity index (χ0n) is 21.6. The second-order valence-electron chi connectivity index (χ2n) is 9.13. The summed E-state index contributed by atoms with van der Waals surface area (Å²) in [6, 6.07) is 19.9. The van der Waals surface area contributed by atoms with Gasteiger partial charge in [-0.3, -0.25) is 14.4 Å². The Morgan fingerprint density at radius 3 is 2.32 bits per heavy atom. The summed E-state index contributed by atoms with van der Waals surface area (Å²) < 4.78 is 0. The van der Waals surface area contributed by atoms with E-state index in [-0.39, 0.29) is 31.1 Å². The van der Waals surface area contributed by atoms with Crippen molar-refractivity contribution in [3.05, 3.63) is 88.4 Å². The molecule has 0 radical (unpaired) electrons. The first kappa shape index (κ1) is 28.9. The van der Waals surface area contributed by atoms with Crippen molar-refractivity contribution in [1.82, 2.24) is 0 Å². The van der Waals surface area contributed by atoms with Crippen LogP contribution in [0.3, 0.4) is 0 Å². The van der Waals surface area contributed by atoms with E-state index in [4.69, 9.17) is 22.4 Å². The molecule has 38 heavy (non-hydrogen) atoms. The smallest absolute Gasteiger partial charge is 0.227 e. The van der Waals surface area contributed by atoms with E-state index in [2.05, 4.69) is 5.32 Å². The highest BCUT2D eigenvalue weighted by molar-refractivity contribution is 6.35. The zero-order valence-corrected chi connectivity index (χ0v) is 22.3. The third-order valence-corrected chi connectivity index (χ3v) is 6.57. The van der Waals surface area contributed by atoms with Crippen LogP contribution in [-0.4, -0.2) is 35.9 Å². The molecule has 0 bridgehead atoms. The van der Waals surface area contributed by atoms with Gasteiger partial charge < -0.3 is 21.1 Å². The molecule has 0 aliphatic rings. The highest BCUT2D eigenvalue weighted by Gasteiger charge is 2.20. The van der Waals surface area contributed by atoms with Crippen LogP contribution in [0, 0.1) is 6.92 Å². The van der Waals surface area contributed by atoms with Gasteiger partial charge in [-0.15, -0.1) is 0 Å². The number of rotatable bonds is 14. The second-order valence-corrected chi connectivity index (χ2v) is 9.54. The molecule has 3 aromatic carbocycles. The van der Waals surface area contributed by atoms with Crippen molar-refractivity contribution in [2.75, 3.05) is 23.4 Å². The molecule has 0 unspecified atom stereocenters. The van der Waals surface area contributed by atoms with Gasteiger partial charge in [0.25, 0.3) is 0 Å². The molecule has 2 amide bonds. The van der Waals surface area contributed by atoms with Gasteiger partial charge in [0, 0.05) is 42.8 Å². The number of para-hydroxylation sites is 2. The molecule has 3 aromatic rings. The number of hydrogen-bond donors (Lipinski definition) is 3. The van der Waals surface area contributed by atoms with Crippen LogP contribution in [0.4, 0.5) is 17.1 Å². The summed E-state index contributed by atoms with van der Waals surface area (Å²) in [6.07, 6.45) is 3.19. The van der Waals surface area contributed by atoms with Crippen LogP contribution in [0.2, 0.25) is 5.02 Å². The monoisotopic (exact) mass is 535 g/mol. The highest BCUT2D eigenvalue weighted by atomic mass is 35.5. The fourth-order valence-electron chi connectivity index (χ4n) is 4.20. The van der Waals surface area contributed by atoms with Crippen molar-refractivity contribution in [2.24, 2.45) is 5.73 Å². The molecule has 0 aliphatic carbocycles. The molecule has 7 nitrogen and oxygen atoms in total. The van der Waals surface area contributed by atoms with E-state index in [1.54, 1.807) is 29.2 Å². The SMILES string of the molecule is Cc1ccccc1C(=O)c1ccc(Nc2ccccc2N(CCCCCCO)C(=O)CCC(N)=O)cc1Cl. The van der Waals surface area contributed by atoms with Crippen LogP contribution in [0.1, 0.15) is 60.0 Å². The number of benzene rings is 3. The molecular weight excluding hydrogens is 502 g/mol. The zero-order chi connectivity index (χ0) is 27.5. The quantitative estimate of drug-likeness (QED) is 0.179. The number of aliphatic hydroxyl groups is 1. The molecule has 0 saturated heterocycles. The lowest BCUT2D eigenvalue weighted by atomic mass is 9.99. The van der Waals surface area contributed by atoms with Crippen molar-refractivity contribution >= 4 is 46.3 Å². The predicted molar refractivity (Wildman–Crippen MR) is 152 cm³/mol. The van der Waals surface area contributed by atoms with Crippen LogP contribution >= 0.6 is 11.6 Å². The minimum absolute atomic E-state index is 0.0157. The van der Waals surface area contributed by atoms with E-state index >= 15 is 0 Å². The number of primary amides is 1. The summed E-state index contributed by atoms with van der Waals surface area (Å²) in [6.45, 7) is 2.50. The molecule has 8 heteroatoms. The van der Waals surface area contributed by atoms with E-state index in [9.17, 15) is 14.4 Å². The number of ketones is 1. The maximum Gasteiger partial charge on any atom is 0.227 e. The highest BCUT2D eigenvalue weighted by Crippen LogP contribution is 2.32. The molecule has 0 heterocycles. The molecule has 3 rings (SSSR count). The maximum absolute atomic E-state index is 13.1. The number of halogens is 1. The number of amides is 2. The first-order valence-corrected chi connectivity index (χ1v) is 13.1. The molecular formula is C30H34ClN3O4. The lowest BCUT2D eigenvalue weighted by Crippen LogP contribution is -2.33. The number of nitrogens with two attached hydrogens (primary N) is 1. The lowest BCUT2D eigenvalue weighted by molar-refractivity contribution is -0.123. The Morgan fingerprint density at radius 2 is 1.61 bits per heavy atom. The largest absolute Gasteiger partial charge is 0.396 e. The first-order valence-electron chi connectivity index (χ1n) is 12.8. The number of hydrogen-bond acceptors (Lipinski definition) is 5. The van der Waals surface area contributed by atoms with Crippen molar-refractivity contribution < 1.29 is 19.5 Å². The summed E-state index contributed by atoms with van der Waals surface area (Å²) in [7, 11) is 0. The van der Waals surface area contributed by atoms with Gasteiger partial charge in [0.2, 0.25) is 11.8 Å². The van der Waals surface area contributed by atoms with Crippen molar-refractivity contribution in [1.29, 1.82) is 0 Å². The van der Waals surface area contributed by atoms with E-state index in [0.29, 0.717) is 39.8 Å². The molecule has 0 saturated carbocycles. The van der Waals surface area contributed by atoms with Crippen LogP contribution < -0.4 is 16.0 Å². The van der Waals surface area contributed by atoms with Crippen molar-refractivity contribution in [3.8, 4) is 0 Å². The van der Waals surface area contributed by atoms with E-state index < -0.39 is 5.91 Å². The molecule has 200 valence electrons. The maximum atomic E-state index is 13.1. The second kappa shape index (κ2) is 14.3. The molecule has 0 aromatic heterocycles. The molecule has 0 atom stereocenters. The Bertz CT molecular complexity index is 1280. The van der Waals surface area contributed by atoms with Crippen LogP contribution in [0.15, 0.2) is 66.7 Å². The van der Waals surface area contributed by atoms with Gasteiger partial charge in [-0.05, 0) is 55.7 Å². The molecule has 0 aliphatic heterocycles. The molecule has 4 N–H and O–H groups in total. The average molecular weight is 536 g/mol. The Balaban J connectivity index is 1.84. The standard InChI is InChI=1S/C30H34ClN3O4/c1-21-10-4-5-11-23(21)30(38)24-15-14-22(20-25(24)31)33-26-12-6-7-13-27(26)34(18-8-2-3-9-19-35)29(37)17-16-28(32)36/h4-7,10-15,20,33,35H,2-3,8-9,16-19H2,1H3,(H2,32,36). The molecule has 0 spiro atoms. The van der Waals surface area contributed by atoms with Gasteiger partial charge in [-0.1, -0.05) is 60.8 Å². The van der Waals surface area contributed by atoms with Gasteiger partial charge in [0.05, 0.1) is 16.4 Å². The van der Waals surface area contributed by atoms with Crippen LogP contribution in [0.5, 0.6) is 0 Å². The Hall–Kier alpha value is -3.68. The van der Waals surface area contributed by atoms with E-state index in [0.717, 1.165) is 31.2 Å². The number of nitrogens with one attached hydrogen (secondary N) is 1. The summed E-state index contributed by atoms with van der Waals surface area (Å²) in [5, 5.41) is 12.7. The van der Waals surface area contributed by atoms with Gasteiger partial charge in [-0.25, -0.2) is 0 Å². The minimum Gasteiger partial charge on any atom is -0.396 e. The normalized spacial score (nSPS) is 10.7. The lowest BCUT2D eigenvalue weighted by Gasteiger charge is -2.26. The van der Waals surface area contributed by atoms with Gasteiger partial charge in [0.1, 0.15) is 0 Å². The fourth-order valence-corrected chi connectivity index (χ4v) is 4.47.